The molecule has 1 aromatic rings. The molecule has 2 heterocycles. The van der Waals surface area contributed by atoms with Crippen molar-refractivity contribution in [3.63, 3.8) is 0 Å². The van der Waals surface area contributed by atoms with Crippen molar-refractivity contribution in [3.8, 4) is 0 Å². The van der Waals surface area contributed by atoms with Crippen molar-refractivity contribution < 1.29 is 14.7 Å². The molecule has 1 N–H and O–H groups in total. The van der Waals surface area contributed by atoms with Gasteiger partial charge in [-0.2, -0.15) is 0 Å². The number of amides is 1. The molecule has 1 amide bonds. The van der Waals surface area contributed by atoms with Gasteiger partial charge >= 0.3 is 5.97 Å². The van der Waals surface area contributed by atoms with Crippen LogP contribution in [-0.4, -0.2) is 44.1 Å². The number of piperidine rings is 1. The average molecular weight is 269 g/mol. The first-order chi connectivity index (χ1) is 8.68. The fraction of sp³-hybridized carbons (Fsp3) is 0.636. The minimum Gasteiger partial charge on any atom is -0.481 e. The van der Waals surface area contributed by atoms with E-state index in [1.165, 1.54) is 6.20 Å². The summed E-state index contributed by atoms with van der Waals surface area (Å²) in [7, 11) is 0. The fourth-order valence-electron chi connectivity index (χ4n) is 2.26. The minimum atomic E-state index is -0.813. The van der Waals surface area contributed by atoms with Gasteiger partial charge < -0.3 is 10.0 Å². The number of nitrogens with zero attached hydrogens (tertiary/aromatic N) is 3. The van der Waals surface area contributed by atoms with Crippen LogP contribution in [0.3, 0.4) is 0 Å². The smallest absolute Gasteiger partial charge is 0.303 e. The third-order valence-corrected chi connectivity index (χ3v) is 3.80. The molecule has 1 saturated heterocycles. The molecule has 0 radical (unpaired) electrons. The maximum Gasteiger partial charge on any atom is 0.303 e. The summed E-state index contributed by atoms with van der Waals surface area (Å²) in [5.41, 5.74) is 0. The Morgan fingerprint density at radius 3 is 3.00 bits per heavy atom. The van der Waals surface area contributed by atoms with Crippen LogP contribution in [0.15, 0.2) is 6.20 Å². The van der Waals surface area contributed by atoms with Gasteiger partial charge in [-0.25, -0.2) is 0 Å². The third kappa shape index (κ3) is 3.04. The number of carbonyl (C=O) groups excluding carboxylic acids is 1. The summed E-state index contributed by atoms with van der Waals surface area (Å²) in [6, 6.07) is 0.0319. The van der Waals surface area contributed by atoms with E-state index in [4.69, 9.17) is 5.11 Å². The molecule has 6 nitrogen and oxygen atoms in total. The molecule has 98 valence electrons. The number of carbonyl (C=O) groups is 2. The summed E-state index contributed by atoms with van der Waals surface area (Å²) in [6.07, 6.45) is 5.00. The highest BCUT2D eigenvalue weighted by Crippen LogP contribution is 2.23. The summed E-state index contributed by atoms with van der Waals surface area (Å²) in [5, 5.41) is 12.4. The lowest BCUT2D eigenvalue weighted by molar-refractivity contribution is -0.137. The highest BCUT2D eigenvalue weighted by Gasteiger charge is 2.28. The van der Waals surface area contributed by atoms with Crippen LogP contribution in [-0.2, 0) is 4.79 Å². The Kier molecular flexibility index (Phi) is 4.24. The molecule has 1 aromatic heterocycles. The molecular weight excluding hydrogens is 254 g/mol. The topological polar surface area (TPSA) is 83.4 Å². The van der Waals surface area contributed by atoms with Crippen LogP contribution in [0.4, 0.5) is 0 Å². The van der Waals surface area contributed by atoms with Gasteiger partial charge in [0.2, 0.25) is 0 Å². The van der Waals surface area contributed by atoms with E-state index >= 15 is 0 Å². The Labute approximate surface area is 109 Å². The Morgan fingerprint density at radius 1 is 1.50 bits per heavy atom. The van der Waals surface area contributed by atoms with Gasteiger partial charge in [-0.15, -0.1) is 5.10 Å². The zero-order valence-electron chi connectivity index (χ0n) is 9.91. The normalized spacial score (nSPS) is 19.8. The van der Waals surface area contributed by atoms with Crippen LogP contribution in [0.1, 0.15) is 41.8 Å². The van der Waals surface area contributed by atoms with E-state index < -0.39 is 5.97 Å². The summed E-state index contributed by atoms with van der Waals surface area (Å²) >= 11 is 1.08. The Morgan fingerprint density at radius 2 is 2.33 bits per heavy atom. The van der Waals surface area contributed by atoms with Crippen LogP contribution >= 0.6 is 11.5 Å². The second-order valence-corrected chi connectivity index (χ2v) is 5.15. The first kappa shape index (κ1) is 12.9. The first-order valence-corrected chi connectivity index (χ1v) is 6.76. The zero-order valence-corrected chi connectivity index (χ0v) is 10.7. The molecule has 7 heteroatoms. The zero-order chi connectivity index (χ0) is 13.0. The monoisotopic (exact) mass is 269 g/mol. The van der Waals surface area contributed by atoms with E-state index in [1.54, 1.807) is 4.90 Å². The average Bonchev–Trinajstić information content (AvgIpc) is 2.89. The predicted octanol–water partition coefficient (Wildman–Crippen LogP) is 1.40. The number of hydrogen-bond donors (Lipinski definition) is 1. The van der Waals surface area contributed by atoms with Crippen molar-refractivity contribution in [1.29, 1.82) is 0 Å². The van der Waals surface area contributed by atoms with Crippen LogP contribution in [0.5, 0.6) is 0 Å². The van der Waals surface area contributed by atoms with Gasteiger partial charge in [0.15, 0.2) is 0 Å². The fourth-order valence-corrected chi connectivity index (χ4v) is 2.73. The van der Waals surface area contributed by atoms with Crippen molar-refractivity contribution in [2.24, 2.45) is 0 Å². The van der Waals surface area contributed by atoms with Gasteiger partial charge in [0.05, 0.1) is 6.20 Å². The standard InChI is InChI=1S/C11H15N3O3S/c15-10(16)5-4-8-3-1-2-6-14(8)11(17)9-7-12-13-18-9/h7-8H,1-6H2,(H,15,16). The largest absolute Gasteiger partial charge is 0.481 e. The molecule has 0 saturated carbocycles. The molecule has 1 unspecified atom stereocenters. The maximum absolute atomic E-state index is 12.2. The molecule has 0 aliphatic carbocycles. The highest BCUT2D eigenvalue weighted by atomic mass is 32.1. The van der Waals surface area contributed by atoms with Gasteiger partial charge in [0.1, 0.15) is 4.88 Å². The van der Waals surface area contributed by atoms with Crippen molar-refractivity contribution in [1.82, 2.24) is 14.5 Å². The van der Waals surface area contributed by atoms with Gasteiger partial charge in [0.25, 0.3) is 5.91 Å². The summed E-state index contributed by atoms with van der Waals surface area (Å²) in [6.45, 7) is 0.695. The lowest BCUT2D eigenvalue weighted by Gasteiger charge is -2.35. The number of carboxylic acids is 1. The predicted molar refractivity (Wildman–Crippen MR) is 65.5 cm³/mol. The van der Waals surface area contributed by atoms with Gasteiger partial charge in [-0.3, -0.25) is 9.59 Å². The van der Waals surface area contributed by atoms with Gasteiger partial charge in [0, 0.05) is 19.0 Å². The first-order valence-electron chi connectivity index (χ1n) is 5.98. The number of likely N-dealkylation sites (tertiary alicyclic amines) is 1. The molecular formula is C11H15N3O3S. The van der Waals surface area contributed by atoms with Crippen molar-refractivity contribution in [2.75, 3.05) is 6.54 Å². The number of carboxylic acid groups (broad SMARTS) is 1. The Hall–Kier alpha value is -1.50. The molecule has 0 aromatic carbocycles. The molecule has 1 fully saturated rings. The van der Waals surface area contributed by atoms with Crippen molar-refractivity contribution in [2.45, 2.75) is 38.1 Å². The molecule has 1 atom stereocenters. The Balaban J connectivity index is 2.03. The van der Waals surface area contributed by atoms with Crippen LogP contribution in [0.2, 0.25) is 0 Å². The van der Waals surface area contributed by atoms with E-state index in [1.807, 2.05) is 0 Å². The Bertz CT molecular complexity index is 421. The number of rotatable bonds is 4. The van der Waals surface area contributed by atoms with Crippen molar-refractivity contribution >= 4 is 23.4 Å². The van der Waals surface area contributed by atoms with Gasteiger partial charge in [-0.05, 0) is 37.2 Å². The number of aromatic nitrogens is 2. The minimum absolute atomic E-state index is 0.0319. The SMILES string of the molecule is O=C(O)CCC1CCCCN1C(=O)c1cnns1. The van der Waals surface area contributed by atoms with E-state index in [2.05, 4.69) is 9.59 Å². The lowest BCUT2D eigenvalue weighted by atomic mass is 9.97. The molecule has 1 aliphatic rings. The third-order valence-electron chi connectivity index (χ3n) is 3.15. The van der Waals surface area contributed by atoms with E-state index in [0.717, 1.165) is 30.8 Å². The van der Waals surface area contributed by atoms with E-state index in [0.29, 0.717) is 17.8 Å². The molecule has 0 spiro atoms. The number of hydrogen-bond acceptors (Lipinski definition) is 5. The summed E-state index contributed by atoms with van der Waals surface area (Å²) < 4.78 is 3.69. The van der Waals surface area contributed by atoms with Crippen LogP contribution < -0.4 is 0 Å². The number of aliphatic carboxylic acids is 1. The molecule has 1 aliphatic heterocycles. The summed E-state index contributed by atoms with van der Waals surface area (Å²) in [5.74, 6) is -0.882. The lowest BCUT2D eigenvalue weighted by Crippen LogP contribution is -2.43. The van der Waals surface area contributed by atoms with Crippen molar-refractivity contribution in [3.05, 3.63) is 11.1 Å². The maximum atomic E-state index is 12.2. The van der Waals surface area contributed by atoms with Crippen LogP contribution in [0, 0.1) is 0 Å². The molecule has 18 heavy (non-hydrogen) atoms. The second kappa shape index (κ2) is 5.90. The molecule has 0 bridgehead atoms. The second-order valence-electron chi connectivity index (χ2n) is 4.36. The van der Waals surface area contributed by atoms with Gasteiger partial charge in [-0.1, -0.05) is 4.49 Å². The van der Waals surface area contributed by atoms with E-state index in [9.17, 15) is 9.59 Å². The summed E-state index contributed by atoms with van der Waals surface area (Å²) in [4.78, 5) is 25.2. The van der Waals surface area contributed by atoms with E-state index in [-0.39, 0.29) is 18.4 Å². The quantitative estimate of drug-likeness (QED) is 0.893. The van der Waals surface area contributed by atoms with Crippen LogP contribution in [0.25, 0.3) is 0 Å². The molecule has 2 rings (SSSR count). The highest BCUT2D eigenvalue weighted by molar-refractivity contribution is 7.07.